The summed E-state index contributed by atoms with van der Waals surface area (Å²) in [5, 5.41) is 10.3. The van der Waals surface area contributed by atoms with E-state index in [0.29, 0.717) is 5.92 Å². The van der Waals surface area contributed by atoms with E-state index in [0.717, 1.165) is 31.6 Å². The Hall–Kier alpha value is -2.35. The van der Waals surface area contributed by atoms with E-state index in [-0.39, 0.29) is 23.3 Å². The van der Waals surface area contributed by atoms with Gasteiger partial charge in [0.05, 0.1) is 11.3 Å². The monoisotopic (exact) mass is 352 g/mol. The first-order valence-corrected chi connectivity index (χ1v) is 8.09. The van der Waals surface area contributed by atoms with Gasteiger partial charge in [-0.25, -0.2) is 4.68 Å². The number of rotatable bonds is 3. The lowest BCUT2D eigenvalue weighted by Gasteiger charge is -2.29. The highest BCUT2D eigenvalue weighted by Gasteiger charge is 2.30. The number of hydrogen-bond acceptors (Lipinski definition) is 3. The maximum absolute atomic E-state index is 12.8. The van der Waals surface area contributed by atoms with E-state index in [1.54, 1.807) is 0 Å². The van der Waals surface area contributed by atoms with Crippen molar-refractivity contribution in [1.29, 1.82) is 0 Å². The maximum Gasteiger partial charge on any atom is 0.416 e. The molecule has 0 radical (unpaired) electrons. The Kier molecular flexibility index (Phi) is 4.80. The molecule has 1 saturated heterocycles. The number of carbonyl (C=O) groups excluding carboxylic acids is 1. The average molecular weight is 352 g/mol. The number of amides is 1. The normalized spacial score (nSPS) is 21.1. The highest BCUT2D eigenvalue weighted by atomic mass is 19.4. The number of hydrogen-bond donors (Lipinski definition) is 2. The Morgan fingerprint density at radius 1 is 1.36 bits per heavy atom. The van der Waals surface area contributed by atoms with Crippen molar-refractivity contribution in [3.63, 3.8) is 0 Å². The van der Waals surface area contributed by atoms with E-state index in [4.69, 9.17) is 0 Å². The molecule has 1 aromatic heterocycles. The number of carbonyl (C=O) groups is 1. The fourth-order valence-corrected chi connectivity index (χ4v) is 2.88. The van der Waals surface area contributed by atoms with Crippen molar-refractivity contribution in [3.8, 4) is 5.69 Å². The molecular weight excluding hydrogens is 333 g/mol. The second-order valence-corrected chi connectivity index (χ2v) is 6.24. The number of aromatic nitrogens is 2. The molecule has 0 bridgehead atoms. The zero-order valence-corrected chi connectivity index (χ0v) is 13.7. The molecule has 2 atom stereocenters. The summed E-state index contributed by atoms with van der Waals surface area (Å²) in [5.41, 5.74) is -0.317. The predicted molar refractivity (Wildman–Crippen MR) is 86.5 cm³/mol. The highest BCUT2D eigenvalue weighted by molar-refractivity contribution is 5.92. The van der Waals surface area contributed by atoms with Crippen LogP contribution in [-0.2, 0) is 6.18 Å². The third-order valence-electron chi connectivity index (χ3n) is 4.36. The standard InChI is InChI=1S/C17H19F3N4O/c1-11-10-21-7-5-14(11)22-16(25)15-6-8-24(23-15)13-4-2-3-12(9-13)17(18,19)20/h2-4,6,8-9,11,14,21H,5,7,10H2,1H3,(H,22,25). The molecule has 2 heterocycles. The fourth-order valence-electron chi connectivity index (χ4n) is 2.88. The summed E-state index contributed by atoms with van der Waals surface area (Å²) in [4.78, 5) is 12.3. The number of halogens is 3. The largest absolute Gasteiger partial charge is 0.416 e. The van der Waals surface area contributed by atoms with E-state index in [1.807, 2.05) is 0 Å². The zero-order valence-electron chi connectivity index (χ0n) is 13.7. The smallest absolute Gasteiger partial charge is 0.348 e. The number of piperidine rings is 1. The van der Waals surface area contributed by atoms with Gasteiger partial charge in [-0.2, -0.15) is 18.3 Å². The van der Waals surface area contributed by atoms with E-state index in [1.165, 1.54) is 29.1 Å². The lowest BCUT2D eigenvalue weighted by Crippen LogP contribution is -2.48. The van der Waals surface area contributed by atoms with Crippen LogP contribution in [0.1, 0.15) is 29.4 Å². The third-order valence-corrected chi connectivity index (χ3v) is 4.36. The predicted octanol–water partition coefficient (Wildman–Crippen LogP) is 2.62. The topological polar surface area (TPSA) is 58.9 Å². The summed E-state index contributed by atoms with van der Waals surface area (Å²) in [6.07, 6.45) is -2.11. The first-order valence-electron chi connectivity index (χ1n) is 8.09. The molecular formula is C17H19F3N4O. The van der Waals surface area contributed by atoms with Crippen molar-refractivity contribution in [2.24, 2.45) is 5.92 Å². The average Bonchev–Trinajstić information content (AvgIpc) is 3.06. The van der Waals surface area contributed by atoms with E-state index < -0.39 is 11.7 Å². The second-order valence-electron chi connectivity index (χ2n) is 6.24. The molecule has 1 aromatic carbocycles. The van der Waals surface area contributed by atoms with Crippen molar-refractivity contribution in [2.45, 2.75) is 25.6 Å². The van der Waals surface area contributed by atoms with Gasteiger partial charge >= 0.3 is 6.18 Å². The first kappa shape index (κ1) is 17.5. The van der Waals surface area contributed by atoms with Gasteiger partial charge in [-0.05, 0) is 49.7 Å². The van der Waals surface area contributed by atoms with Crippen LogP contribution in [0.5, 0.6) is 0 Å². The fraction of sp³-hybridized carbons (Fsp3) is 0.412. The van der Waals surface area contributed by atoms with E-state index >= 15 is 0 Å². The molecule has 8 heteroatoms. The van der Waals surface area contributed by atoms with E-state index in [2.05, 4.69) is 22.7 Å². The minimum atomic E-state index is -4.42. The van der Waals surface area contributed by atoms with Crippen LogP contribution in [0.3, 0.4) is 0 Å². The molecule has 0 aliphatic carbocycles. The molecule has 2 N–H and O–H groups in total. The zero-order chi connectivity index (χ0) is 18.0. The van der Waals surface area contributed by atoms with Crippen molar-refractivity contribution in [2.75, 3.05) is 13.1 Å². The number of alkyl halides is 3. The minimum absolute atomic E-state index is 0.0625. The Balaban J connectivity index is 1.75. The maximum atomic E-state index is 12.8. The molecule has 25 heavy (non-hydrogen) atoms. The highest BCUT2D eigenvalue weighted by Crippen LogP contribution is 2.30. The molecule has 134 valence electrons. The molecule has 1 aliphatic rings. The summed E-state index contributed by atoms with van der Waals surface area (Å²) in [6.45, 7) is 3.73. The SMILES string of the molecule is CC1CNCCC1NC(=O)c1ccn(-c2cccc(C(F)(F)F)c2)n1. The van der Waals surface area contributed by atoms with Crippen LogP contribution in [0.25, 0.3) is 5.69 Å². The molecule has 0 spiro atoms. The van der Waals surface area contributed by atoms with Gasteiger partial charge in [0.25, 0.3) is 5.91 Å². The Morgan fingerprint density at radius 2 is 2.16 bits per heavy atom. The van der Waals surface area contributed by atoms with Gasteiger partial charge in [0.2, 0.25) is 0 Å². The lowest BCUT2D eigenvalue weighted by atomic mass is 9.95. The number of nitrogens with zero attached hydrogens (tertiary/aromatic N) is 2. The lowest BCUT2D eigenvalue weighted by molar-refractivity contribution is -0.137. The summed E-state index contributed by atoms with van der Waals surface area (Å²) in [6, 6.07) is 6.39. The summed E-state index contributed by atoms with van der Waals surface area (Å²) in [7, 11) is 0. The van der Waals surface area contributed by atoms with E-state index in [9.17, 15) is 18.0 Å². The van der Waals surface area contributed by atoms with Crippen molar-refractivity contribution in [3.05, 3.63) is 47.8 Å². The minimum Gasteiger partial charge on any atom is -0.348 e. The van der Waals surface area contributed by atoms with Crippen LogP contribution in [0.4, 0.5) is 13.2 Å². The first-order chi connectivity index (χ1) is 11.8. The van der Waals surface area contributed by atoms with Crippen LogP contribution in [0.2, 0.25) is 0 Å². The van der Waals surface area contributed by atoms with Gasteiger partial charge in [0.1, 0.15) is 0 Å². The molecule has 5 nitrogen and oxygen atoms in total. The Labute approximate surface area is 143 Å². The van der Waals surface area contributed by atoms with Crippen LogP contribution in [-0.4, -0.2) is 34.8 Å². The van der Waals surface area contributed by atoms with Crippen LogP contribution in [0, 0.1) is 5.92 Å². The van der Waals surface area contributed by atoms with Crippen LogP contribution in [0.15, 0.2) is 36.5 Å². The molecule has 1 fully saturated rings. The van der Waals surface area contributed by atoms with Gasteiger partial charge < -0.3 is 10.6 Å². The number of nitrogens with one attached hydrogen (secondary N) is 2. The molecule has 0 saturated carbocycles. The van der Waals surface area contributed by atoms with Gasteiger partial charge in [0, 0.05) is 12.2 Å². The molecule has 2 unspecified atom stereocenters. The quantitative estimate of drug-likeness (QED) is 0.893. The second kappa shape index (κ2) is 6.87. The van der Waals surface area contributed by atoms with Crippen molar-refractivity contribution < 1.29 is 18.0 Å². The van der Waals surface area contributed by atoms with Gasteiger partial charge in [-0.15, -0.1) is 0 Å². The molecule has 1 amide bonds. The summed E-state index contributed by atoms with van der Waals surface area (Å²) in [5.74, 6) is -0.00673. The number of benzene rings is 1. The molecule has 1 aliphatic heterocycles. The van der Waals surface area contributed by atoms with Gasteiger partial charge in [-0.1, -0.05) is 13.0 Å². The Morgan fingerprint density at radius 3 is 2.88 bits per heavy atom. The van der Waals surface area contributed by atoms with Crippen LogP contribution < -0.4 is 10.6 Å². The Bertz CT molecular complexity index is 756. The van der Waals surface area contributed by atoms with Crippen molar-refractivity contribution >= 4 is 5.91 Å². The third kappa shape index (κ3) is 4.01. The summed E-state index contributed by atoms with van der Waals surface area (Å²) < 4.78 is 39.7. The van der Waals surface area contributed by atoms with Crippen molar-refractivity contribution in [1.82, 2.24) is 20.4 Å². The van der Waals surface area contributed by atoms with Gasteiger partial charge in [0.15, 0.2) is 5.69 Å². The summed E-state index contributed by atoms with van der Waals surface area (Å²) >= 11 is 0. The van der Waals surface area contributed by atoms with Gasteiger partial charge in [-0.3, -0.25) is 4.79 Å². The molecule has 3 rings (SSSR count). The van der Waals surface area contributed by atoms with Crippen LogP contribution >= 0.6 is 0 Å². The molecule has 2 aromatic rings.